The van der Waals surface area contributed by atoms with E-state index in [9.17, 15) is 9.59 Å². The number of aryl methyl sites for hydroxylation is 2. The fourth-order valence-electron chi connectivity index (χ4n) is 3.81. The molecule has 0 aliphatic rings. The van der Waals surface area contributed by atoms with Crippen molar-refractivity contribution in [2.75, 3.05) is 0 Å². The molecule has 4 aromatic carbocycles. The molecule has 0 heterocycles. The minimum Gasteiger partial charge on any atom is -0.289 e. The first kappa shape index (κ1) is 19.5. The Kier molecular flexibility index (Phi) is 5.40. The Morgan fingerprint density at radius 3 is 1.77 bits per heavy atom. The predicted molar refractivity (Wildman–Crippen MR) is 121 cm³/mol. The van der Waals surface area contributed by atoms with Crippen LogP contribution in [0.3, 0.4) is 0 Å². The van der Waals surface area contributed by atoms with Crippen molar-refractivity contribution in [1.29, 1.82) is 0 Å². The van der Waals surface area contributed by atoms with Crippen molar-refractivity contribution in [3.63, 3.8) is 0 Å². The fraction of sp³-hybridized carbons (Fsp3) is 0.0714. The molecule has 2 nitrogen and oxygen atoms in total. The van der Waals surface area contributed by atoms with Crippen LogP contribution in [0.2, 0.25) is 0 Å². The zero-order valence-corrected chi connectivity index (χ0v) is 17.1. The van der Waals surface area contributed by atoms with Gasteiger partial charge < -0.3 is 0 Å². The van der Waals surface area contributed by atoms with Crippen molar-refractivity contribution >= 4 is 11.6 Å². The molecular weight excluding hydrogens is 368 g/mol. The van der Waals surface area contributed by atoms with E-state index in [-0.39, 0.29) is 11.6 Å². The lowest BCUT2D eigenvalue weighted by Crippen LogP contribution is -2.13. The quantitative estimate of drug-likeness (QED) is 0.368. The van der Waals surface area contributed by atoms with Crippen LogP contribution in [0.4, 0.5) is 0 Å². The first-order valence-electron chi connectivity index (χ1n) is 9.96. The molecule has 0 bridgehead atoms. The summed E-state index contributed by atoms with van der Waals surface area (Å²) in [5, 5.41) is 0. The highest BCUT2D eigenvalue weighted by atomic mass is 16.1. The normalized spacial score (nSPS) is 10.6. The van der Waals surface area contributed by atoms with Crippen LogP contribution >= 0.6 is 0 Å². The maximum atomic E-state index is 13.6. The van der Waals surface area contributed by atoms with Crippen molar-refractivity contribution in [2.24, 2.45) is 0 Å². The van der Waals surface area contributed by atoms with Crippen molar-refractivity contribution < 1.29 is 9.59 Å². The smallest absolute Gasteiger partial charge is 0.194 e. The van der Waals surface area contributed by atoms with E-state index in [2.05, 4.69) is 6.07 Å². The number of carbonyl (C=O) groups is 2. The van der Waals surface area contributed by atoms with Gasteiger partial charge in [0.1, 0.15) is 0 Å². The second-order valence-corrected chi connectivity index (χ2v) is 7.44. The molecule has 0 amide bonds. The molecular formula is C28H22O2. The first-order chi connectivity index (χ1) is 14.6. The summed E-state index contributed by atoms with van der Waals surface area (Å²) in [6, 6.07) is 29.9. The third kappa shape index (κ3) is 3.72. The van der Waals surface area contributed by atoms with Crippen molar-refractivity contribution in [3.05, 3.63) is 130 Å². The lowest BCUT2D eigenvalue weighted by Gasteiger charge is -2.16. The van der Waals surface area contributed by atoms with E-state index in [1.54, 1.807) is 30.3 Å². The van der Waals surface area contributed by atoms with Gasteiger partial charge in [-0.15, -0.1) is 0 Å². The molecule has 0 fully saturated rings. The highest BCUT2D eigenvalue weighted by Gasteiger charge is 2.24. The largest absolute Gasteiger partial charge is 0.289 e. The van der Waals surface area contributed by atoms with Crippen LogP contribution in [0.15, 0.2) is 97.1 Å². The number of rotatable bonds is 5. The third-order valence-electron chi connectivity index (χ3n) is 5.28. The SMILES string of the molecule is Cc1ccc(-c2cccc(C(=O)c3ccccc3)c2C(=O)c2ccccc2)c(C)c1. The van der Waals surface area contributed by atoms with Crippen LogP contribution < -0.4 is 0 Å². The summed E-state index contributed by atoms with van der Waals surface area (Å²) < 4.78 is 0. The summed E-state index contributed by atoms with van der Waals surface area (Å²) in [6.07, 6.45) is 0. The van der Waals surface area contributed by atoms with Gasteiger partial charge in [-0.3, -0.25) is 9.59 Å². The van der Waals surface area contributed by atoms with E-state index >= 15 is 0 Å². The Bertz CT molecular complexity index is 1220. The van der Waals surface area contributed by atoms with Crippen LogP contribution in [-0.2, 0) is 0 Å². The lowest BCUT2D eigenvalue weighted by atomic mass is 9.85. The summed E-state index contributed by atoms with van der Waals surface area (Å²) in [5.74, 6) is -0.299. The maximum Gasteiger partial charge on any atom is 0.194 e. The highest BCUT2D eigenvalue weighted by molar-refractivity contribution is 6.22. The van der Waals surface area contributed by atoms with Gasteiger partial charge in [-0.25, -0.2) is 0 Å². The topological polar surface area (TPSA) is 34.1 Å². The van der Waals surface area contributed by atoms with Gasteiger partial charge >= 0.3 is 0 Å². The molecule has 0 unspecified atom stereocenters. The molecule has 0 aliphatic carbocycles. The minimum atomic E-state index is -0.151. The zero-order valence-electron chi connectivity index (χ0n) is 17.1. The molecule has 0 N–H and O–H groups in total. The van der Waals surface area contributed by atoms with E-state index in [4.69, 9.17) is 0 Å². The molecule has 0 saturated carbocycles. The number of hydrogen-bond donors (Lipinski definition) is 0. The average molecular weight is 390 g/mol. The number of benzene rings is 4. The zero-order chi connectivity index (χ0) is 21.1. The van der Waals surface area contributed by atoms with Crippen molar-refractivity contribution in [1.82, 2.24) is 0 Å². The van der Waals surface area contributed by atoms with Crippen LogP contribution in [0, 0.1) is 13.8 Å². The fourth-order valence-corrected chi connectivity index (χ4v) is 3.81. The van der Waals surface area contributed by atoms with Crippen molar-refractivity contribution in [2.45, 2.75) is 13.8 Å². The van der Waals surface area contributed by atoms with Crippen LogP contribution in [0.25, 0.3) is 11.1 Å². The summed E-state index contributed by atoms with van der Waals surface area (Å²) >= 11 is 0. The summed E-state index contributed by atoms with van der Waals surface area (Å²) in [5.41, 5.74) is 5.97. The molecule has 4 rings (SSSR count). The number of hydrogen-bond acceptors (Lipinski definition) is 2. The second-order valence-electron chi connectivity index (χ2n) is 7.44. The van der Waals surface area contributed by atoms with E-state index in [1.165, 1.54) is 0 Å². The Morgan fingerprint density at radius 1 is 0.567 bits per heavy atom. The number of ketones is 2. The van der Waals surface area contributed by atoms with Gasteiger partial charge in [-0.1, -0.05) is 103 Å². The third-order valence-corrected chi connectivity index (χ3v) is 5.28. The molecule has 0 aliphatic heterocycles. The molecule has 0 aromatic heterocycles. The van der Waals surface area contributed by atoms with Gasteiger partial charge in [0.25, 0.3) is 0 Å². The predicted octanol–water partition coefficient (Wildman–Crippen LogP) is 6.43. The monoisotopic (exact) mass is 390 g/mol. The van der Waals surface area contributed by atoms with E-state index in [1.807, 2.05) is 74.5 Å². The Morgan fingerprint density at radius 2 is 1.17 bits per heavy atom. The molecule has 4 aromatic rings. The molecule has 2 heteroatoms. The van der Waals surface area contributed by atoms with Gasteiger partial charge in [0.15, 0.2) is 11.6 Å². The van der Waals surface area contributed by atoms with Gasteiger partial charge in [-0.05, 0) is 30.5 Å². The summed E-state index contributed by atoms with van der Waals surface area (Å²) in [7, 11) is 0. The minimum absolute atomic E-state index is 0.148. The van der Waals surface area contributed by atoms with Gasteiger partial charge in [0.05, 0.1) is 0 Å². The van der Waals surface area contributed by atoms with Gasteiger partial charge in [0, 0.05) is 22.3 Å². The van der Waals surface area contributed by atoms with Crippen molar-refractivity contribution in [3.8, 4) is 11.1 Å². The van der Waals surface area contributed by atoms with E-state index in [0.29, 0.717) is 22.3 Å². The van der Waals surface area contributed by atoms with Crippen LogP contribution in [-0.4, -0.2) is 11.6 Å². The van der Waals surface area contributed by atoms with Crippen LogP contribution in [0.1, 0.15) is 43.0 Å². The van der Waals surface area contributed by atoms with Gasteiger partial charge in [-0.2, -0.15) is 0 Å². The molecule has 0 spiro atoms. The maximum absolute atomic E-state index is 13.6. The Balaban J connectivity index is 1.97. The average Bonchev–Trinajstić information content (AvgIpc) is 2.79. The van der Waals surface area contributed by atoms with E-state index in [0.717, 1.165) is 22.3 Å². The van der Waals surface area contributed by atoms with Crippen LogP contribution in [0.5, 0.6) is 0 Å². The standard InChI is InChI=1S/C28H22O2/c1-19-16-17-23(20(2)18-19)24-14-9-15-25(27(29)21-10-5-3-6-11-21)26(24)28(30)22-12-7-4-8-13-22/h3-18H,1-2H3. The van der Waals surface area contributed by atoms with E-state index < -0.39 is 0 Å². The summed E-state index contributed by atoms with van der Waals surface area (Å²) in [4.78, 5) is 27.0. The highest BCUT2D eigenvalue weighted by Crippen LogP contribution is 2.32. The Labute approximate surface area is 176 Å². The Hall–Kier alpha value is -3.78. The first-order valence-corrected chi connectivity index (χ1v) is 9.96. The summed E-state index contributed by atoms with van der Waals surface area (Å²) in [6.45, 7) is 4.08. The number of carbonyl (C=O) groups excluding carboxylic acids is 2. The second kappa shape index (κ2) is 8.30. The molecule has 0 atom stereocenters. The molecule has 30 heavy (non-hydrogen) atoms. The molecule has 0 radical (unpaired) electrons. The molecule has 146 valence electrons. The molecule has 0 saturated heterocycles. The lowest BCUT2D eigenvalue weighted by molar-refractivity contribution is 0.100. The van der Waals surface area contributed by atoms with Gasteiger partial charge in [0.2, 0.25) is 0 Å².